The molecule has 2 aromatic rings. The summed E-state index contributed by atoms with van der Waals surface area (Å²) in [5.74, 6) is 0. The number of hydrogen-bond acceptors (Lipinski definition) is 3. The quantitative estimate of drug-likeness (QED) is 0.766. The summed E-state index contributed by atoms with van der Waals surface area (Å²) in [5.41, 5.74) is 1.90. The molecule has 0 fully saturated rings. The van der Waals surface area contributed by atoms with Gasteiger partial charge in [-0.1, -0.05) is 30.3 Å². The van der Waals surface area contributed by atoms with Crippen LogP contribution in [0.25, 0.3) is 0 Å². The molecule has 1 heterocycles. The summed E-state index contributed by atoms with van der Waals surface area (Å²) in [7, 11) is 0. The molecule has 0 unspecified atom stereocenters. The summed E-state index contributed by atoms with van der Waals surface area (Å²) >= 11 is 0. The average Bonchev–Trinajstić information content (AvgIpc) is 2.86. The summed E-state index contributed by atoms with van der Waals surface area (Å²) in [6, 6.07) is 14.3. The number of imidazole rings is 1. The smallest absolute Gasteiger partial charge is 0.176 e. The van der Waals surface area contributed by atoms with E-state index in [9.17, 15) is 0 Å². The molecule has 19 heavy (non-hydrogen) atoms. The summed E-state index contributed by atoms with van der Waals surface area (Å²) in [6.45, 7) is 0.727. The fraction of sp³-hybridized carbons (Fsp3) is 0.267. The van der Waals surface area contributed by atoms with E-state index in [0.717, 1.165) is 25.8 Å². The van der Waals surface area contributed by atoms with Gasteiger partial charge in [-0.3, -0.25) is 0 Å². The van der Waals surface area contributed by atoms with Crippen molar-refractivity contribution < 1.29 is 0 Å². The van der Waals surface area contributed by atoms with Crippen LogP contribution in [-0.4, -0.2) is 9.55 Å². The number of hydrogen-bond donors (Lipinski definition) is 0. The van der Waals surface area contributed by atoms with Gasteiger partial charge in [-0.2, -0.15) is 10.5 Å². The van der Waals surface area contributed by atoms with Crippen molar-refractivity contribution in [1.29, 1.82) is 10.5 Å². The molecular formula is C15H14N4. The van der Waals surface area contributed by atoms with Crippen LogP contribution in [0.15, 0.2) is 36.7 Å². The summed E-state index contributed by atoms with van der Waals surface area (Å²) in [4.78, 5) is 3.92. The van der Waals surface area contributed by atoms with E-state index < -0.39 is 0 Å². The van der Waals surface area contributed by atoms with E-state index >= 15 is 0 Å². The predicted octanol–water partition coefficient (Wildman–Crippen LogP) is 2.65. The van der Waals surface area contributed by atoms with E-state index in [1.165, 1.54) is 5.56 Å². The van der Waals surface area contributed by atoms with Crippen molar-refractivity contribution in [2.24, 2.45) is 0 Å². The van der Waals surface area contributed by atoms with Crippen LogP contribution in [-0.2, 0) is 13.0 Å². The van der Waals surface area contributed by atoms with Crippen LogP contribution in [0, 0.1) is 22.7 Å². The zero-order chi connectivity index (χ0) is 13.5. The highest BCUT2D eigenvalue weighted by Crippen LogP contribution is 2.09. The van der Waals surface area contributed by atoms with E-state index in [4.69, 9.17) is 10.5 Å². The third kappa shape index (κ3) is 3.20. The first kappa shape index (κ1) is 12.9. The fourth-order valence-corrected chi connectivity index (χ4v) is 2.01. The van der Waals surface area contributed by atoms with Gasteiger partial charge in [0.2, 0.25) is 0 Å². The number of unbranched alkanes of at least 4 members (excludes halogenated alkanes) is 1. The molecule has 0 radical (unpaired) electrons. The maximum atomic E-state index is 8.99. The molecule has 4 heteroatoms. The molecule has 0 aliphatic carbocycles. The molecule has 0 aliphatic rings. The van der Waals surface area contributed by atoms with Gasteiger partial charge in [0.15, 0.2) is 11.4 Å². The number of aromatic nitrogens is 2. The Balaban J connectivity index is 1.85. The molecule has 2 rings (SSSR count). The molecule has 1 aromatic heterocycles. The number of rotatable bonds is 5. The van der Waals surface area contributed by atoms with Crippen LogP contribution < -0.4 is 0 Å². The zero-order valence-electron chi connectivity index (χ0n) is 10.6. The Morgan fingerprint density at radius 3 is 2.53 bits per heavy atom. The Hall–Kier alpha value is -2.59. The second-order valence-corrected chi connectivity index (χ2v) is 4.30. The highest BCUT2D eigenvalue weighted by molar-refractivity contribution is 5.35. The van der Waals surface area contributed by atoms with Crippen LogP contribution >= 0.6 is 0 Å². The van der Waals surface area contributed by atoms with Crippen LogP contribution in [0.2, 0.25) is 0 Å². The monoisotopic (exact) mass is 250 g/mol. The van der Waals surface area contributed by atoms with Gasteiger partial charge in [0, 0.05) is 6.54 Å². The van der Waals surface area contributed by atoms with Gasteiger partial charge in [0.1, 0.15) is 12.1 Å². The summed E-state index contributed by atoms with van der Waals surface area (Å²) in [6.07, 6.45) is 4.61. The maximum absolute atomic E-state index is 8.99. The Morgan fingerprint density at radius 2 is 1.84 bits per heavy atom. The van der Waals surface area contributed by atoms with Crippen molar-refractivity contribution in [3.05, 3.63) is 53.6 Å². The highest BCUT2D eigenvalue weighted by atomic mass is 15.1. The Morgan fingerprint density at radius 1 is 1.05 bits per heavy atom. The first-order valence-electron chi connectivity index (χ1n) is 6.24. The van der Waals surface area contributed by atoms with E-state index in [2.05, 4.69) is 17.1 Å². The lowest BCUT2D eigenvalue weighted by Gasteiger charge is -2.04. The molecule has 0 amide bonds. The Kier molecular flexibility index (Phi) is 4.31. The standard InChI is InChI=1S/C15H14N4/c16-10-14-15(11-17)19(12-18-14)9-5-4-8-13-6-2-1-3-7-13/h1-3,6-7,12H,4-5,8-9H2. The number of nitriles is 2. The zero-order valence-corrected chi connectivity index (χ0v) is 10.6. The van der Waals surface area contributed by atoms with Crippen molar-refractivity contribution in [1.82, 2.24) is 9.55 Å². The van der Waals surface area contributed by atoms with Crippen molar-refractivity contribution in [2.75, 3.05) is 0 Å². The molecule has 0 N–H and O–H groups in total. The SMILES string of the molecule is N#Cc1ncn(CCCCc2ccccc2)c1C#N. The lowest BCUT2D eigenvalue weighted by molar-refractivity contribution is 0.604. The van der Waals surface area contributed by atoms with Gasteiger partial charge < -0.3 is 4.57 Å². The van der Waals surface area contributed by atoms with Crippen LogP contribution in [0.1, 0.15) is 29.8 Å². The van der Waals surface area contributed by atoms with Crippen molar-refractivity contribution in [2.45, 2.75) is 25.8 Å². The average molecular weight is 250 g/mol. The number of benzene rings is 1. The van der Waals surface area contributed by atoms with Crippen molar-refractivity contribution >= 4 is 0 Å². The van der Waals surface area contributed by atoms with Gasteiger partial charge in [-0.25, -0.2) is 4.98 Å². The lowest BCUT2D eigenvalue weighted by Crippen LogP contribution is -2.00. The van der Waals surface area contributed by atoms with E-state index in [1.807, 2.05) is 30.3 Å². The predicted molar refractivity (Wildman–Crippen MR) is 71.0 cm³/mol. The van der Waals surface area contributed by atoms with E-state index in [-0.39, 0.29) is 5.69 Å². The van der Waals surface area contributed by atoms with Crippen molar-refractivity contribution in [3.8, 4) is 12.1 Å². The first-order chi connectivity index (χ1) is 9.35. The normalized spacial score (nSPS) is 9.79. The topological polar surface area (TPSA) is 65.4 Å². The third-order valence-corrected chi connectivity index (χ3v) is 3.01. The van der Waals surface area contributed by atoms with Gasteiger partial charge >= 0.3 is 0 Å². The minimum atomic E-state index is 0.213. The van der Waals surface area contributed by atoms with Crippen LogP contribution in [0.3, 0.4) is 0 Å². The minimum Gasteiger partial charge on any atom is -0.321 e. The van der Waals surface area contributed by atoms with Crippen LogP contribution in [0.4, 0.5) is 0 Å². The number of nitrogens with zero attached hydrogens (tertiary/aromatic N) is 4. The summed E-state index contributed by atoms with van der Waals surface area (Å²) < 4.78 is 1.75. The van der Waals surface area contributed by atoms with E-state index in [0.29, 0.717) is 5.69 Å². The first-order valence-corrected chi connectivity index (χ1v) is 6.24. The molecule has 94 valence electrons. The molecule has 0 bridgehead atoms. The second kappa shape index (κ2) is 6.37. The molecule has 0 spiro atoms. The third-order valence-electron chi connectivity index (χ3n) is 3.01. The summed E-state index contributed by atoms with van der Waals surface area (Å²) in [5, 5.41) is 17.8. The highest BCUT2D eigenvalue weighted by Gasteiger charge is 2.08. The van der Waals surface area contributed by atoms with E-state index in [1.54, 1.807) is 10.9 Å². The van der Waals surface area contributed by atoms with Gasteiger partial charge in [0.05, 0.1) is 6.33 Å². The lowest BCUT2D eigenvalue weighted by atomic mass is 10.1. The van der Waals surface area contributed by atoms with Gasteiger partial charge in [0.25, 0.3) is 0 Å². The second-order valence-electron chi connectivity index (χ2n) is 4.30. The molecule has 0 aliphatic heterocycles. The molecular weight excluding hydrogens is 236 g/mol. The molecule has 0 saturated heterocycles. The maximum Gasteiger partial charge on any atom is 0.176 e. The minimum absolute atomic E-state index is 0.213. The van der Waals surface area contributed by atoms with Crippen molar-refractivity contribution in [3.63, 3.8) is 0 Å². The van der Waals surface area contributed by atoms with Crippen LogP contribution in [0.5, 0.6) is 0 Å². The molecule has 0 saturated carbocycles. The Labute approximate surface area is 112 Å². The van der Waals surface area contributed by atoms with Gasteiger partial charge in [-0.15, -0.1) is 0 Å². The molecule has 4 nitrogen and oxygen atoms in total. The fourth-order valence-electron chi connectivity index (χ4n) is 2.01. The van der Waals surface area contributed by atoms with Gasteiger partial charge in [-0.05, 0) is 24.8 Å². The largest absolute Gasteiger partial charge is 0.321 e. The number of aryl methyl sites for hydroxylation is 2. The Bertz CT molecular complexity index is 614. The molecule has 1 aromatic carbocycles. The molecule has 0 atom stereocenters.